The van der Waals surface area contributed by atoms with Crippen LogP contribution in [0, 0.1) is 130 Å². The van der Waals surface area contributed by atoms with Gasteiger partial charge in [-0.25, -0.2) is 36.7 Å². The molecule has 14 rings (SSSR count). The molecular formula is C73H80F4N12O14S4. The molecule has 4 saturated heterocycles. The summed E-state index contributed by atoms with van der Waals surface area (Å²) in [7, 11) is 4.76. The highest BCUT2D eigenvalue weighted by Gasteiger charge is 2.98. The Labute approximate surface area is 633 Å². The van der Waals surface area contributed by atoms with Gasteiger partial charge in [0.2, 0.25) is 23.6 Å². The molecular weight excluding hydrogens is 1470 g/mol. The van der Waals surface area contributed by atoms with Crippen LogP contribution in [0.15, 0.2) is 97.1 Å². The Morgan fingerprint density at radius 2 is 0.495 bits per heavy atom. The Morgan fingerprint density at radius 3 is 0.692 bits per heavy atom. The topological polar surface area (TPSA) is 336 Å². The molecule has 107 heavy (non-hydrogen) atoms. The Hall–Kier alpha value is -8.96. The molecule has 6 aliphatic carbocycles. The van der Waals surface area contributed by atoms with Crippen molar-refractivity contribution in [1.29, 1.82) is 0 Å². The summed E-state index contributed by atoms with van der Waals surface area (Å²) in [6.45, 7) is 0.296. The Morgan fingerprint density at radius 1 is 0.318 bits per heavy atom. The Kier molecular flexibility index (Phi) is 20.7. The van der Waals surface area contributed by atoms with Crippen LogP contribution in [0.25, 0.3) is 0 Å². The highest BCUT2D eigenvalue weighted by Crippen LogP contribution is 2.88. The summed E-state index contributed by atoms with van der Waals surface area (Å²) in [6.07, 6.45) is 0.479. The van der Waals surface area contributed by atoms with Crippen LogP contribution >= 0.6 is 48.9 Å². The van der Waals surface area contributed by atoms with E-state index in [1.165, 1.54) is 126 Å². The monoisotopic (exact) mass is 1550 g/mol. The number of carbonyl (C=O) groups is 8. The number of hydrogen-bond donors (Lipinski definition) is 12. The van der Waals surface area contributed by atoms with E-state index in [9.17, 15) is 17.6 Å². The van der Waals surface area contributed by atoms with Crippen molar-refractivity contribution in [3.8, 4) is 0 Å². The van der Waals surface area contributed by atoms with E-state index in [4.69, 9.17) is 77.3 Å². The standard InChI is InChI=1S/C73H80F4N12O14S4/c1-98-62(94)70-50-40-29-41(47(59(91)79-22-26-83-67(105)87-37-15-7-33(75)8-16-37)46(40)58(90)78-21-25-82-66(104)86-36-13-5-32(74)6-14-36)51(50)71(102-70,63(95)99-2)55-45-31-44(54(55)70)56-57(45)73(65(97)101-4)53-43-30-42(52(53)72(56,103-73)64(96)100-3)48(60(92)80-23-27-84-68(106)88-38-17-9-34(76)10-18-38)49(43)61(93)81-24-28-85-69(107)89-39-19-11-35(77)12-20-39/h5-20,40-57H,21-31H2,1-4H3,(H,78,90)(H,79,91)(H,80,92)(H,81,93)(H2,82,86,104)(H2,83,87,105)(H2,84,88,106)(H2,85,89,107)/t40-,41+,42+,43-,44?,45?,46-,47+,48+,49-,50-,51+,52+,53-,54+,55-,56-,57+,70-,71+,72+,73-. The van der Waals surface area contributed by atoms with E-state index < -0.39 is 200 Å². The molecule has 4 aromatic rings. The number of fused-ring (bicyclic) bond motifs is 30. The van der Waals surface area contributed by atoms with Gasteiger partial charge in [-0.05, 0) is 201 Å². The van der Waals surface area contributed by atoms with Crippen LogP contribution < -0.4 is 63.8 Å². The predicted octanol–water partition coefficient (Wildman–Crippen LogP) is 4.03. The molecule has 0 spiro atoms. The third-order valence-electron chi connectivity index (χ3n) is 24.6. The van der Waals surface area contributed by atoms with E-state index in [1.807, 2.05) is 0 Å². The first kappa shape index (κ1) is 74.9. The maximum absolute atomic E-state index is 15.8. The van der Waals surface area contributed by atoms with Gasteiger partial charge in [0.15, 0.2) is 42.9 Å². The predicted molar refractivity (Wildman–Crippen MR) is 392 cm³/mol. The fourth-order valence-electron chi connectivity index (χ4n) is 22.0. The largest absolute Gasteiger partial charge is 0.467 e. The minimum absolute atomic E-state index is 0.0181. The molecule has 34 heteroatoms. The summed E-state index contributed by atoms with van der Waals surface area (Å²) in [5.41, 5.74) is -6.27. The molecule has 568 valence electrons. The number of amides is 4. The summed E-state index contributed by atoms with van der Waals surface area (Å²) in [5, 5.41) is 36.6. The smallest absolute Gasteiger partial charge is 0.338 e. The number of anilines is 4. The van der Waals surface area contributed by atoms with Crippen molar-refractivity contribution in [2.24, 2.45) is 107 Å². The zero-order valence-electron chi connectivity index (χ0n) is 58.3. The fraction of sp³-hybridized carbons (Fsp3) is 0.507. The first-order chi connectivity index (χ1) is 51.4. The molecule has 4 amide bonds. The van der Waals surface area contributed by atoms with E-state index in [1.54, 1.807) is 0 Å². The molecule has 4 heterocycles. The zero-order chi connectivity index (χ0) is 75.8. The first-order valence-electron chi connectivity index (χ1n) is 35.5. The molecule has 10 bridgehead atoms. The van der Waals surface area contributed by atoms with Gasteiger partial charge in [0.25, 0.3) is 0 Å². The highest BCUT2D eigenvalue weighted by atomic mass is 32.1. The van der Waals surface area contributed by atoms with Gasteiger partial charge >= 0.3 is 23.9 Å². The summed E-state index contributed by atoms with van der Waals surface area (Å²) in [5.74, 6) is -25.2. The molecule has 4 aliphatic heterocycles. The van der Waals surface area contributed by atoms with Crippen LogP contribution in [0.1, 0.15) is 19.3 Å². The van der Waals surface area contributed by atoms with E-state index in [-0.39, 0.29) is 92.1 Å². The molecule has 22 atom stereocenters. The van der Waals surface area contributed by atoms with Crippen molar-refractivity contribution in [1.82, 2.24) is 42.5 Å². The number of thiocarbonyl (C=S) groups is 4. The summed E-state index contributed by atoms with van der Waals surface area (Å²) >= 11 is 22.0. The van der Waals surface area contributed by atoms with Crippen molar-refractivity contribution >= 4 is 140 Å². The third-order valence-corrected chi connectivity index (χ3v) is 25.6. The molecule has 10 aliphatic rings. The maximum atomic E-state index is 15.8. The number of nitrogens with one attached hydrogen (secondary N) is 12. The number of rotatable bonds is 24. The second-order valence-corrected chi connectivity index (χ2v) is 30.7. The molecule has 10 fully saturated rings. The lowest BCUT2D eigenvalue weighted by Crippen LogP contribution is -2.70. The lowest BCUT2D eigenvalue weighted by atomic mass is 9.41. The minimum Gasteiger partial charge on any atom is -0.467 e. The van der Waals surface area contributed by atoms with Gasteiger partial charge in [0.05, 0.1) is 52.1 Å². The lowest BCUT2D eigenvalue weighted by Gasteiger charge is -2.57. The highest BCUT2D eigenvalue weighted by molar-refractivity contribution is 7.81. The SMILES string of the molecule is COC(=O)[C@@]12O[C@@](C(=O)OC)([C@H]3[C@H]4C[C@H]([C@@H](C(=O)NCCNC(=S)Nc5ccc(F)cc5)[C@H]4C(=O)NCCNC(=S)Nc4ccc(F)cc4)[C@H]31)[C@@H]1C3CC([C@@H]4[C@H]3[C@]3(C(=O)OC)O[C@@]4(C(=O)OC)[C@H]4[C@H]5C[C@H]([C@@H](C(=O)NCCNC(=S)Nc6ccc(F)cc6)[C@H]5C(=O)NCCNC(=S)Nc5ccc(F)cc5)[C@H]43)[C@@H]12. The number of ether oxygens (including phenoxy) is 6. The maximum Gasteiger partial charge on any atom is 0.338 e. The molecule has 2 unspecified atom stereocenters. The lowest BCUT2D eigenvalue weighted by molar-refractivity contribution is -0.193. The van der Waals surface area contributed by atoms with Gasteiger partial charge in [0, 0.05) is 122 Å². The van der Waals surface area contributed by atoms with Crippen molar-refractivity contribution in [3.05, 3.63) is 120 Å². The first-order valence-corrected chi connectivity index (χ1v) is 37.1. The molecule has 26 nitrogen and oxygen atoms in total. The summed E-state index contributed by atoms with van der Waals surface area (Å²) in [4.78, 5) is 124. The molecule has 0 radical (unpaired) electrons. The van der Waals surface area contributed by atoms with Gasteiger partial charge in [0.1, 0.15) is 23.3 Å². The normalized spacial score (nSPS) is 33.6. The number of methoxy groups -OCH3 is 4. The number of halogens is 4. The van der Waals surface area contributed by atoms with Gasteiger partial charge in [-0.3, -0.25) is 19.2 Å². The third kappa shape index (κ3) is 12.3. The second kappa shape index (κ2) is 29.5. The number of hydrogen-bond acceptors (Lipinski definition) is 18. The fourth-order valence-corrected chi connectivity index (χ4v) is 22.9. The second-order valence-electron chi connectivity index (χ2n) is 29.1. The Bertz CT molecular complexity index is 3740. The van der Waals surface area contributed by atoms with Gasteiger partial charge in [-0.2, -0.15) is 0 Å². The van der Waals surface area contributed by atoms with Crippen LogP contribution in [0.2, 0.25) is 0 Å². The number of carbonyl (C=O) groups excluding carboxylic acids is 8. The van der Waals surface area contributed by atoms with Crippen LogP contribution in [-0.2, 0) is 66.8 Å². The Balaban J connectivity index is 0.787. The molecule has 12 N–H and O–H groups in total. The van der Waals surface area contributed by atoms with Crippen molar-refractivity contribution in [2.75, 3.05) is 102 Å². The quantitative estimate of drug-likeness (QED) is 0.0155. The van der Waals surface area contributed by atoms with Crippen LogP contribution in [0.5, 0.6) is 0 Å². The van der Waals surface area contributed by atoms with Gasteiger partial charge in [-0.15, -0.1) is 0 Å². The number of benzene rings is 4. The molecule has 4 aromatic carbocycles. The van der Waals surface area contributed by atoms with E-state index in [0.717, 1.165) is 0 Å². The van der Waals surface area contributed by atoms with Crippen molar-refractivity contribution in [3.63, 3.8) is 0 Å². The minimum atomic E-state index is -2.07. The van der Waals surface area contributed by atoms with Crippen molar-refractivity contribution < 1.29 is 84.3 Å². The molecule has 6 saturated carbocycles. The van der Waals surface area contributed by atoms with E-state index in [2.05, 4.69) is 63.8 Å². The summed E-state index contributed by atoms with van der Waals surface area (Å²) < 4.78 is 93.3. The zero-order valence-corrected chi connectivity index (χ0v) is 61.5. The van der Waals surface area contributed by atoms with Gasteiger partial charge in [-0.1, -0.05) is 0 Å². The van der Waals surface area contributed by atoms with Crippen LogP contribution in [-0.4, -0.2) is 171 Å². The van der Waals surface area contributed by atoms with Crippen LogP contribution in [0.3, 0.4) is 0 Å². The number of esters is 4. The average molecular weight is 1550 g/mol. The van der Waals surface area contributed by atoms with Gasteiger partial charge < -0.3 is 92.2 Å². The van der Waals surface area contributed by atoms with Crippen molar-refractivity contribution in [2.45, 2.75) is 41.7 Å². The summed E-state index contributed by atoms with van der Waals surface area (Å²) in [6, 6.07) is 22.1. The molecule has 0 aromatic heterocycles. The average Bonchev–Trinajstić information content (AvgIpc) is 1.43. The van der Waals surface area contributed by atoms with E-state index >= 15 is 38.4 Å². The van der Waals surface area contributed by atoms with E-state index in [0.29, 0.717) is 22.7 Å². The van der Waals surface area contributed by atoms with Crippen LogP contribution in [0.4, 0.5) is 40.3 Å².